The van der Waals surface area contributed by atoms with Gasteiger partial charge in [-0.1, -0.05) is 29.3 Å². The average Bonchev–Trinajstić information content (AvgIpc) is 2.34. The lowest BCUT2D eigenvalue weighted by Crippen LogP contribution is -2.07. The molecular formula is C13H8Cl2FNO. The van der Waals surface area contributed by atoms with Gasteiger partial charge in [-0.25, -0.2) is 4.39 Å². The van der Waals surface area contributed by atoms with Crippen LogP contribution in [0.1, 0.15) is 15.9 Å². The Bertz CT molecular complexity index is 581. The van der Waals surface area contributed by atoms with E-state index in [0.717, 1.165) is 6.20 Å². The molecule has 0 N–H and O–H groups in total. The number of hydrogen-bond acceptors (Lipinski definition) is 2. The van der Waals surface area contributed by atoms with Gasteiger partial charge in [0.2, 0.25) is 0 Å². The number of rotatable bonds is 3. The van der Waals surface area contributed by atoms with Crippen molar-refractivity contribution in [3.8, 4) is 0 Å². The summed E-state index contributed by atoms with van der Waals surface area (Å²) in [6.45, 7) is 0. The highest BCUT2D eigenvalue weighted by molar-refractivity contribution is 6.36. The fourth-order valence-electron chi connectivity index (χ4n) is 1.56. The highest BCUT2D eigenvalue weighted by Gasteiger charge is 2.15. The Kier molecular flexibility index (Phi) is 3.94. The zero-order valence-electron chi connectivity index (χ0n) is 9.16. The molecule has 1 heterocycles. The number of Topliss-reactive ketones (excluding diaryl/α,β-unsaturated/α-hetero) is 1. The van der Waals surface area contributed by atoms with Crippen LogP contribution in [0.2, 0.25) is 10.0 Å². The first-order chi connectivity index (χ1) is 8.59. The van der Waals surface area contributed by atoms with E-state index in [4.69, 9.17) is 23.2 Å². The SMILES string of the molecule is O=C(Cc1c(Cl)cccc1Cl)c1ccncc1F. The number of carbonyl (C=O) groups excluding carboxylic acids is 1. The number of ketones is 1. The third-order valence-corrected chi connectivity index (χ3v) is 3.18. The first-order valence-electron chi connectivity index (χ1n) is 5.15. The second kappa shape index (κ2) is 5.46. The van der Waals surface area contributed by atoms with Crippen molar-refractivity contribution in [3.05, 3.63) is 63.6 Å². The molecule has 0 bridgehead atoms. The lowest BCUT2D eigenvalue weighted by Gasteiger charge is -2.06. The quantitative estimate of drug-likeness (QED) is 0.799. The van der Waals surface area contributed by atoms with Crippen LogP contribution in [0.4, 0.5) is 4.39 Å². The zero-order chi connectivity index (χ0) is 13.1. The Morgan fingerprint density at radius 3 is 2.50 bits per heavy atom. The van der Waals surface area contributed by atoms with Crippen molar-refractivity contribution < 1.29 is 9.18 Å². The second-order valence-corrected chi connectivity index (χ2v) is 4.47. The Morgan fingerprint density at radius 2 is 1.89 bits per heavy atom. The number of benzene rings is 1. The zero-order valence-corrected chi connectivity index (χ0v) is 10.7. The minimum atomic E-state index is -0.648. The fraction of sp³-hybridized carbons (Fsp3) is 0.0769. The van der Waals surface area contributed by atoms with Crippen molar-refractivity contribution in [2.24, 2.45) is 0 Å². The molecule has 5 heteroatoms. The Balaban J connectivity index is 2.30. The summed E-state index contributed by atoms with van der Waals surface area (Å²) in [7, 11) is 0. The predicted molar refractivity (Wildman–Crippen MR) is 68.7 cm³/mol. The predicted octanol–water partition coefficient (Wildman–Crippen LogP) is 3.95. The van der Waals surface area contributed by atoms with E-state index in [0.29, 0.717) is 15.6 Å². The van der Waals surface area contributed by atoms with Crippen LogP contribution in [-0.4, -0.2) is 10.8 Å². The molecule has 0 aliphatic heterocycles. The summed E-state index contributed by atoms with van der Waals surface area (Å²) in [5, 5.41) is 0.788. The number of aromatic nitrogens is 1. The van der Waals surface area contributed by atoms with E-state index >= 15 is 0 Å². The van der Waals surface area contributed by atoms with Crippen molar-refractivity contribution in [1.29, 1.82) is 0 Å². The van der Waals surface area contributed by atoms with Gasteiger partial charge in [-0.3, -0.25) is 9.78 Å². The molecule has 1 aromatic heterocycles. The van der Waals surface area contributed by atoms with E-state index in [1.807, 2.05) is 0 Å². The van der Waals surface area contributed by atoms with Crippen molar-refractivity contribution in [2.45, 2.75) is 6.42 Å². The summed E-state index contributed by atoms with van der Waals surface area (Å²) in [4.78, 5) is 15.5. The molecule has 2 aromatic rings. The summed E-state index contributed by atoms with van der Waals surface area (Å²) < 4.78 is 13.4. The largest absolute Gasteiger partial charge is 0.294 e. The number of pyridine rings is 1. The van der Waals surface area contributed by atoms with E-state index in [9.17, 15) is 9.18 Å². The van der Waals surface area contributed by atoms with Crippen LogP contribution < -0.4 is 0 Å². The van der Waals surface area contributed by atoms with Crippen LogP contribution in [0.25, 0.3) is 0 Å². The number of hydrogen-bond donors (Lipinski definition) is 0. The van der Waals surface area contributed by atoms with Crippen LogP contribution in [0.5, 0.6) is 0 Å². The highest BCUT2D eigenvalue weighted by Crippen LogP contribution is 2.25. The first kappa shape index (κ1) is 13.0. The Labute approximate surface area is 113 Å². The summed E-state index contributed by atoms with van der Waals surface area (Å²) in [5.74, 6) is -1.03. The normalized spacial score (nSPS) is 10.4. The molecule has 0 amide bonds. The molecule has 0 spiro atoms. The van der Waals surface area contributed by atoms with Gasteiger partial charge in [0.25, 0.3) is 0 Å². The third kappa shape index (κ3) is 2.68. The van der Waals surface area contributed by atoms with Gasteiger partial charge in [-0.2, -0.15) is 0 Å². The molecule has 2 nitrogen and oxygen atoms in total. The van der Waals surface area contributed by atoms with E-state index in [2.05, 4.69) is 4.98 Å². The summed E-state index contributed by atoms with van der Waals surface area (Å²) in [5.41, 5.74) is 0.489. The van der Waals surface area contributed by atoms with Gasteiger partial charge in [-0.15, -0.1) is 0 Å². The fourth-order valence-corrected chi connectivity index (χ4v) is 2.09. The maximum atomic E-state index is 13.4. The molecule has 0 fully saturated rings. The molecule has 0 unspecified atom stereocenters. The number of nitrogens with zero attached hydrogens (tertiary/aromatic N) is 1. The van der Waals surface area contributed by atoms with Crippen LogP contribution >= 0.6 is 23.2 Å². The van der Waals surface area contributed by atoms with Crippen molar-refractivity contribution in [1.82, 2.24) is 4.98 Å². The molecule has 0 saturated heterocycles. The lowest BCUT2D eigenvalue weighted by molar-refractivity contribution is 0.0989. The molecule has 0 aliphatic carbocycles. The van der Waals surface area contributed by atoms with Gasteiger partial charge in [-0.05, 0) is 23.8 Å². The average molecular weight is 284 g/mol. The maximum absolute atomic E-state index is 13.4. The lowest BCUT2D eigenvalue weighted by atomic mass is 10.0. The van der Waals surface area contributed by atoms with Gasteiger partial charge >= 0.3 is 0 Å². The van der Waals surface area contributed by atoms with E-state index in [1.165, 1.54) is 12.3 Å². The van der Waals surface area contributed by atoms with Crippen molar-refractivity contribution in [3.63, 3.8) is 0 Å². The van der Waals surface area contributed by atoms with E-state index < -0.39 is 5.82 Å². The molecule has 0 atom stereocenters. The standard InChI is InChI=1S/C13H8Cl2FNO/c14-10-2-1-3-11(15)9(10)6-13(18)8-4-5-17-7-12(8)16/h1-5,7H,6H2. The molecule has 18 heavy (non-hydrogen) atoms. The topological polar surface area (TPSA) is 30.0 Å². The van der Waals surface area contributed by atoms with Crippen LogP contribution in [0.3, 0.4) is 0 Å². The van der Waals surface area contributed by atoms with E-state index in [1.54, 1.807) is 18.2 Å². The Hall–Kier alpha value is -1.45. The van der Waals surface area contributed by atoms with Crippen LogP contribution in [0, 0.1) is 5.82 Å². The smallest absolute Gasteiger partial charge is 0.170 e. The van der Waals surface area contributed by atoms with Crippen molar-refractivity contribution in [2.75, 3.05) is 0 Å². The number of carbonyl (C=O) groups is 1. The van der Waals surface area contributed by atoms with Crippen molar-refractivity contribution >= 4 is 29.0 Å². The maximum Gasteiger partial charge on any atom is 0.170 e. The summed E-state index contributed by atoms with van der Waals surface area (Å²) in [6, 6.07) is 6.30. The molecule has 0 radical (unpaired) electrons. The molecule has 0 aliphatic rings. The highest BCUT2D eigenvalue weighted by atomic mass is 35.5. The van der Waals surface area contributed by atoms with Gasteiger partial charge in [0, 0.05) is 22.7 Å². The number of halogens is 3. The molecular weight excluding hydrogens is 276 g/mol. The monoisotopic (exact) mass is 283 g/mol. The molecule has 2 rings (SSSR count). The van der Waals surface area contributed by atoms with Gasteiger partial charge < -0.3 is 0 Å². The van der Waals surface area contributed by atoms with Crippen LogP contribution in [0.15, 0.2) is 36.7 Å². The van der Waals surface area contributed by atoms with Gasteiger partial charge in [0.05, 0.1) is 11.8 Å². The molecule has 92 valence electrons. The first-order valence-corrected chi connectivity index (χ1v) is 5.91. The van der Waals surface area contributed by atoms with E-state index in [-0.39, 0.29) is 17.8 Å². The molecule has 1 aromatic carbocycles. The summed E-state index contributed by atoms with van der Waals surface area (Å²) >= 11 is 11.9. The third-order valence-electron chi connectivity index (χ3n) is 2.47. The van der Waals surface area contributed by atoms with Gasteiger partial charge in [0.1, 0.15) is 0 Å². The summed E-state index contributed by atoms with van der Waals surface area (Å²) in [6.07, 6.45) is 2.32. The Morgan fingerprint density at radius 1 is 1.22 bits per heavy atom. The van der Waals surface area contributed by atoms with Crippen LogP contribution in [-0.2, 0) is 6.42 Å². The molecule has 0 saturated carbocycles. The second-order valence-electron chi connectivity index (χ2n) is 3.66. The van der Waals surface area contributed by atoms with Gasteiger partial charge in [0.15, 0.2) is 11.6 Å². The minimum Gasteiger partial charge on any atom is -0.294 e. The minimum absolute atomic E-state index is 0.0130.